The zero-order valence-corrected chi connectivity index (χ0v) is 15.1. The van der Waals surface area contributed by atoms with Crippen molar-refractivity contribution in [1.29, 1.82) is 0 Å². The van der Waals surface area contributed by atoms with Crippen molar-refractivity contribution in [3.8, 4) is 11.4 Å². The average Bonchev–Trinajstić information content (AvgIpc) is 2.94. The molecule has 0 saturated carbocycles. The minimum Gasteiger partial charge on any atom is -0.494 e. The van der Waals surface area contributed by atoms with Gasteiger partial charge in [0.15, 0.2) is 0 Å². The molecule has 2 N–H and O–H groups in total. The van der Waals surface area contributed by atoms with E-state index < -0.39 is 0 Å². The molecule has 23 heavy (non-hydrogen) atoms. The number of hydrogen-bond donors (Lipinski definition) is 1. The molecule has 0 atom stereocenters. The summed E-state index contributed by atoms with van der Waals surface area (Å²) < 4.78 is 7.37. The highest BCUT2D eigenvalue weighted by molar-refractivity contribution is 5.85. The lowest BCUT2D eigenvalue weighted by Crippen LogP contribution is -2.36. The molecule has 0 unspecified atom stereocenters. The molecule has 1 aromatic carbocycles. The molecule has 0 spiro atoms. The Morgan fingerprint density at radius 2 is 1.96 bits per heavy atom. The Morgan fingerprint density at radius 3 is 2.61 bits per heavy atom. The van der Waals surface area contributed by atoms with Crippen LogP contribution in [0.3, 0.4) is 0 Å². The standard InChI is InChI=1S/C17H26N4O.ClH/c1-17(2,12-18)13-20(3)11-14-9-10-19-21(14)15-7-5-6-8-16(15)22-4;/h5-10H,11-13,18H2,1-4H3;1H. The number of benzene rings is 1. The van der Waals surface area contributed by atoms with Gasteiger partial charge in [0.05, 0.1) is 12.8 Å². The number of halogens is 1. The Morgan fingerprint density at radius 1 is 1.26 bits per heavy atom. The summed E-state index contributed by atoms with van der Waals surface area (Å²) in [5, 5.41) is 4.45. The van der Waals surface area contributed by atoms with Crippen LogP contribution in [0.5, 0.6) is 5.75 Å². The van der Waals surface area contributed by atoms with Gasteiger partial charge >= 0.3 is 0 Å². The first-order valence-electron chi connectivity index (χ1n) is 7.52. The summed E-state index contributed by atoms with van der Waals surface area (Å²) in [7, 11) is 3.79. The number of rotatable bonds is 7. The van der Waals surface area contributed by atoms with E-state index in [1.54, 1.807) is 7.11 Å². The van der Waals surface area contributed by atoms with Crippen LogP contribution >= 0.6 is 12.4 Å². The lowest BCUT2D eigenvalue weighted by atomic mass is 9.93. The summed E-state index contributed by atoms with van der Waals surface area (Å²) in [5.74, 6) is 0.817. The highest BCUT2D eigenvalue weighted by atomic mass is 35.5. The summed E-state index contributed by atoms with van der Waals surface area (Å²) >= 11 is 0. The van der Waals surface area contributed by atoms with Gasteiger partial charge in [0.2, 0.25) is 0 Å². The second-order valence-electron chi connectivity index (χ2n) is 6.45. The summed E-state index contributed by atoms with van der Waals surface area (Å²) in [6.07, 6.45) is 1.82. The van der Waals surface area contributed by atoms with Crippen LogP contribution in [0.4, 0.5) is 0 Å². The first-order valence-corrected chi connectivity index (χ1v) is 7.52. The van der Waals surface area contributed by atoms with Crippen LogP contribution in [0.15, 0.2) is 36.5 Å². The van der Waals surface area contributed by atoms with E-state index >= 15 is 0 Å². The maximum atomic E-state index is 5.83. The largest absolute Gasteiger partial charge is 0.494 e. The quantitative estimate of drug-likeness (QED) is 0.843. The number of para-hydroxylation sites is 2. The Balaban J connectivity index is 0.00000264. The molecule has 2 aromatic rings. The van der Waals surface area contributed by atoms with Gasteiger partial charge in [0.25, 0.3) is 0 Å². The summed E-state index contributed by atoms with van der Waals surface area (Å²) in [5.41, 5.74) is 8.01. The van der Waals surface area contributed by atoms with Gasteiger partial charge in [0, 0.05) is 19.3 Å². The van der Waals surface area contributed by atoms with Crippen LogP contribution in [-0.4, -0.2) is 41.9 Å². The smallest absolute Gasteiger partial charge is 0.144 e. The van der Waals surface area contributed by atoms with E-state index in [0.29, 0.717) is 6.54 Å². The van der Waals surface area contributed by atoms with Crippen LogP contribution < -0.4 is 10.5 Å². The number of hydrogen-bond acceptors (Lipinski definition) is 4. The number of ether oxygens (including phenoxy) is 1. The summed E-state index contributed by atoms with van der Waals surface area (Å²) in [4.78, 5) is 2.27. The van der Waals surface area contributed by atoms with Gasteiger partial charge in [-0.25, -0.2) is 4.68 Å². The van der Waals surface area contributed by atoms with Crippen LogP contribution in [0.25, 0.3) is 5.69 Å². The summed E-state index contributed by atoms with van der Waals surface area (Å²) in [6.45, 7) is 6.77. The molecule has 6 heteroatoms. The van der Waals surface area contributed by atoms with E-state index in [4.69, 9.17) is 10.5 Å². The van der Waals surface area contributed by atoms with Gasteiger partial charge in [-0.1, -0.05) is 26.0 Å². The normalized spacial score (nSPS) is 11.4. The third kappa shape index (κ3) is 4.96. The lowest BCUT2D eigenvalue weighted by Gasteiger charge is -2.29. The molecule has 0 fully saturated rings. The van der Waals surface area contributed by atoms with Crippen molar-refractivity contribution in [3.63, 3.8) is 0 Å². The molecule has 0 aliphatic carbocycles. The molecule has 0 saturated heterocycles. The van der Waals surface area contributed by atoms with Gasteiger partial charge in [-0.15, -0.1) is 12.4 Å². The predicted molar refractivity (Wildman–Crippen MR) is 96.5 cm³/mol. The molecule has 2 rings (SSSR count). The Bertz CT molecular complexity index is 612. The van der Waals surface area contributed by atoms with E-state index in [0.717, 1.165) is 30.2 Å². The molecule has 0 amide bonds. The fraction of sp³-hybridized carbons (Fsp3) is 0.471. The molecule has 5 nitrogen and oxygen atoms in total. The predicted octanol–water partition coefficient (Wildman–Crippen LogP) is 2.72. The Kier molecular flexibility index (Phi) is 7.06. The van der Waals surface area contributed by atoms with E-state index in [2.05, 4.69) is 30.9 Å². The van der Waals surface area contributed by atoms with Crippen molar-refractivity contribution in [1.82, 2.24) is 14.7 Å². The van der Waals surface area contributed by atoms with Crippen molar-refractivity contribution in [2.45, 2.75) is 20.4 Å². The fourth-order valence-electron chi connectivity index (χ4n) is 2.60. The topological polar surface area (TPSA) is 56.3 Å². The number of methoxy groups -OCH3 is 1. The van der Waals surface area contributed by atoms with Crippen LogP contribution in [0.2, 0.25) is 0 Å². The SMILES string of the molecule is COc1ccccc1-n1nccc1CN(C)CC(C)(C)CN.Cl. The number of nitrogens with zero attached hydrogens (tertiary/aromatic N) is 3. The third-order valence-corrected chi connectivity index (χ3v) is 3.72. The van der Waals surface area contributed by atoms with Crippen molar-refractivity contribution in [2.24, 2.45) is 11.1 Å². The van der Waals surface area contributed by atoms with Gasteiger partial charge < -0.3 is 10.5 Å². The number of aromatic nitrogens is 2. The maximum Gasteiger partial charge on any atom is 0.144 e. The fourth-order valence-corrected chi connectivity index (χ4v) is 2.60. The van der Waals surface area contributed by atoms with Gasteiger partial charge in [-0.3, -0.25) is 4.90 Å². The molecule has 1 aromatic heterocycles. The van der Waals surface area contributed by atoms with Gasteiger partial charge in [0.1, 0.15) is 11.4 Å². The Labute approximate surface area is 144 Å². The second-order valence-corrected chi connectivity index (χ2v) is 6.45. The second kappa shape index (κ2) is 8.34. The molecule has 128 valence electrons. The zero-order chi connectivity index (χ0) is 16.2. The maximum absolute atomic E-state index is 5.83. The van der Waals surface area contributed by atoms with Crippen LogP contribution in [-0.2, 0) is 6.54 Å². The highest BCUT2D eigenvalue weighted by Gasteiger charge is 2.19. The van der Waals surface area contributed by atoms with Crippen molar-refractivity contribution in [3.05, 3.63) is 42.2 Å². The van der Waals surface area contributed by atoms with E-state index in [1.165, 1.54) is 0 Å². The zero-order valence-electron chi connectivity index (χ0n) is 14.3. The third-order valence-electron chi connectivity index (χ3n) is 3.72. The van der Waals surface area contributed by atoms with E-state index in [9.17, 15) is 0 Å². The molecule has 0 aliphatic heterocycles. The van der Waals surface area contributed by atoms with Gasteiger partial charge in [-0.05, 0) is 37.2 Å². The lowest BCUT2D eigenvalue weighted by molar-refractivity contribution is 0.207. The average molecular weight is 339 g/mol. The van der Waals surface area contributed by atoms with Crippen LogP contribution in [0.1, 0.15) is 19.5 Å². The van der Waals surface area contributed by atoms with E-state index in [1.807, 2.05) is 41.2 Å². The van der Waals surface area contributed by atoms with Crippen molar-refractivity contribution >= 4 is 12.4 Å². The highest BCUT2D eigenvalue weighted by Crippen LogP contribution is 2.23. The Hall–Kier alpha value is -1.56. The molecular formula is C17H27ClN4O. The minimum absolute atomic E-state index is 0. The first kappa shape index (κ1) is 19.5. The molecular weight excluding hydrogens is 312 g/mol. The van der Waals surface area contributed by atoms with Crippen molar-refractivity contribution < 1.29 is 4.74 Å². The first-order chi connectivity index (χ1) is 10.5. The van der Waals surface area contributed by atoms with Crippen LogP contribution in [0, 0.1) is 5.41 Å². The van der Waals surface area contributed by atoms with Crippen molar-refractivity contribution in [2.75, 3.05) is 27.2 Å². The summed E-state index contributed by atoms with van der Waals surface area (Å²) in [6, 6.07) is 9.95. The molecule has 0 radical (unpaired) electrons. The molecule has 0 aliphatic rings. The van der Waals surface area contributed by atoms with Gasteiger partial charge in [-0.2, -0.15) is 5.10 Å². The minimum atomic E-state index is 0. The monoisotopic (exact) mass is 338 g/mol. The number of nitrogens with two attached hydrogens (primary N) is 1. The molecule has 0 bridgehead atoms. The van der Waals surface area contributed by atoms with E-state index in [-0.39, 0.29) is 17.8 Å². The molecule has 1 heterocycles.